The van der Waals surface area contributed by atoms with Crippen LogP contribution in [0.1, 0.15) is 26.3 Å². The van der Waals surface area contributed by atoms with Gasteiger partial charge < -0.3 is 15.5 Å². The molecule has 0 aliphatic carbocycles. The summed E-state index contributed by atoms with van der Waals surface area (Å²) in [6, 6.07) is 1.22. The van der Waals surface area contributed by atoms with Gasteiger partial charge in [0.2, 0.25) is 0 Å². The van der Waals surface area contributed by atoms with Crippen molar-refractivity contribution in [2.75, 3.05) is 0 Å². The Balaban J connectivity index is 2.10. The molecule has 0 aliphatic heterocycles. The number of nitrogens with zero attached hydrogens (tertiary/aromatic N) is 1. The maximum Gasteiger partial charge on any atom is 0.323 e. The molecule has 2 aromatic heterocycles. The van der Waals surface area contributed by atoms with Crippen molar-refractivity contribution in [1.82, 2.24) is 9.97 Å². The molecule has 0 saturated heterocycles. The fraction of sp³-hybridized carbons (Fsp3) is 0.429. The quantitative estimate of drug-likeness (QED) is 0.825. The van der Waals surface area contributed by atoms with Gasteiger partial charge in [-0.1, -0.05) is 0 Å². The predicted octanol–water partition coefficient (Wildman–Crippen LogP) is 1.77. The first kappa shape index (κ1) is 13.5. The predicted molar refractivity (Wildman–Crippen MR) is 73.6 cm³/mol. The van der Waals surface area contributed by atoms with Gasteiger partial charge in [0, 0.05) is 35.9 Å². The number of hydrogen-bond donors (Lipinski definition) is 2. The van der Waals surface area contributed by atoms with E-state index in [2.05, 4.69) is 9.97 Å². The second kappa shape index (κ2) is 5.01. The van der Waals surface area contributed by atoms with Crippen molar-refractivity contribution >= 4 is 16.9 Å². The highest BCUT2D eigenvalue weighted by Gasteiger charge is 2.23. The number of rotatable bonds is 3. The lowest BCUT2D eigenvalue weighted by atomic mass is 10.1. The van der Waals surface area contributed by atoms with Crippen LogP contribution in [-0.2, 0) is 16.0 Å². The average Bonchev–Trinajstić information content (AvgIpc) is 2.70. The van der Waals surface area contributed by atoms with Crippen LogP contribution in [0.5, 0.6) is 0 Å². The Morgan fingerprint density at radius 2 is 2.26 bits per heavy atom. The molecule has 0 spiro atoms. The van der Waals surface area contributed by atoms with Gasteiger partial charge in [0.15, 0.2) is 0 Å². The molecule has 5 nitrogen and oxygen atoms in total. The fourth-order valence-corrected chi connectivity index (χ4v) is 1.89. The summed E-state index contributed by atoms with van der Waals surface area (Å²) in [5, 5.41) is 0.988. The maximum absolute atomic E-state index is 11.8. The van der Waals surface area contributed by atoms with Gasteiger partial charge in [-0.05, 0) is 32.4 Å². The van der Waals surface area contributed by atoms with E-state index in [1.165, 1.54) is 0 Å². The molecule has 0 bridgehead atoms. The molecule has 1 atom stereocenters. The number of aromatic nitrogens is 2. The van der Waals surface area contributed by atoms with Crippen molar-refractivity contribution in [3.8, 4) is 0 Å². The number of esters is 1. The number of ether oxygens (including phenoxy) is 1. The molecule has 0 aliphatic rings. The number of fused-ring (bicyclic) bond motifs is 1. The van der Waals surface area contributed by atoms with Gasteiger partial charge in [0.25, 0.3) is 0 Å². The maximum atomic E-state index is 11.8. The van der Waals surface area contributed by atoms with Crippen LogP contribution in [0.15, 0.2) is 24.7 Å². The summed E-state index contributed by atoms with van der Waals surface area (Å²) >= 11 is 0. The second-order valence-electron chi connectivity index (χ2n) is 5.58. The summed E-state index contributed by atoms with van der Waals surface area (Å²) in [5.74, 6) is -0.384. The Morgan fingerprint density at radius 1 is 1.53 bits per heavy atom. The Bertz CT molecular complexity index is 584. The molecule has 0 radical (unpaired) electrons. The largest absolute Gasteiger partial charge is 0.459 e. The van der Waals surface area contributed by atoms with Crippen molar-refractivity contribution in [2.24, 2.45) is 5.73 Å². The number of carbonyl (C=O) groups excluding carboxylic acids is 1. The van der Waals surface area contributed by atoms with Crippen molar-refractivity contribution in [1.29, 1.82) is 0 Å². The lowest BCUT2D eigenvalue weighted by molar-refractivity contribution is -0.156. The minimum atomic E-state index is -0.668. The number of carbonyl (C=O) groups is 1. The van der Waals surface area contributed by atoms with Crippen molar-refractivity contribution in [3.63, 3.8) is 0 Å². The molecule has 2 heterocycles. The average molecular weight is 261 g/mol. The molecule has 19 heavy (non-hydrogen) atoms. The first-order valence-electron chi connectivity index (χ1n) is 6.25. The molecule has 3 N–H and O–H groups in total. The van der Waals surface area contributed by atoms with E-state index in [1.54, 1.807) is 12.4 Å². The van der Waals surface area contributed by atoms with Gasteiger partial charge >= 0.3 is 5.97 Å². The second-order valence-corrected chi connectivity index (χ2v) is 5.58. The van der Waals surface area contributed by atoms with Crippen molar-refractivity contribution < 1.29 is 9.53 Å². The highest BCUT2D eigenvalue weighted by molar-refractivity contribution is 5.83. The SMILES string of the molecule is CC(C)(C)OC(=O)C(N)Cc1c[nH]c2ccncc12. The third-order valence-corrected chi connectivity index (χ3v) is 2.72. The lowest BCUT2D eigenvalue weighted by Gasteiger charge is -2.22. The Kier molecular flexibility index (Phi) is 3.57. The molecule has 0 aromatic carbocycles. The minimum Gasteiger partial charge on any atom is -0.459 e. The zero-order valence-electron chi connectivity index (χ0n) is 11.4. The van der Waals surface area contributed by atoms with Crippen LogP contribution < -0.4 is 5.73 Å². The molecule has 0 fully saturated rings. The van der Waals surface area contributed by atoms with E-state index < -0.39 is 11.6 Å². The number of hydrogen-bond acceptors (Lipinski definition) is 4. The molecule has 102 valence electrons. The molecule has 0 saturated carbocycles. The topological polar surface area (TPSA) is 81.0 Å². The first-order chi connectivity index (χ1) is 8.87. The van der Waals surface area contributed by atoms with Crippen LogP contribution in [0.4, 0.5) is 0 Å². The number of nitrogens with one attached hydrogen (secondary N) is 1. The summed E-state index contributed by atoms with van der Waals surface area (Å²) in [4.78, 5) is 19.1. The monoisotopic (exact) mass is 261 g/mol. The summed E-state index contributed by atoms with van der Waals surface area (Å²) in [7, 11) is 0. The highest BCUT2D eigenvalue weighted by Crippen LogP contribution is 2.18. The van der Waals surface area contributed by atoms with Crippen LogP contribution in [0.3, 0.4) is 0 Å². The van der Waals surface area contributed by atoms with E-state index in [4.69, 9.17) is 10.5 Å². The van der Waals surface area contributed by atoms with Gasteiger partial charge in [0.1, 0.15) is 11.6 Å². The summed E-state index contributed by atoms with van der Waals surface area (Å²) in [6.45, 7) is 5.48. The van der Waals surface area contributed by atoms with Crippen LogP contribution in [0, 0.1) is 0 Å². The number of pyridine rings is 1. The molecule has 0 amide bonds. The van der Waals surface area contributed by atoms with Crippen LogP contribution in [-0.4, -0.2) is 27.6 Å². The zero-order valence-corrected chi connectivity index (χ0v) is 11.4. The Labute approximate surface area is 112 Å². The minimum absolute atomic E-state index is 0.384. The molecular formula is C14H19N3O2. The number of H-pyrrole nitrogens is 1. The van der Waals surface area contributed by atoms with E-state index in [-0.39, 0.29) is 5.97 Å². The molecule has 2 rings (SSSR count). The molecule has 1 unspecified atom stereocenters. The van der Waals surface area contributed by atoms with Gasteiger partial charge in [0.05, 0.1) is 0 Å². The number of aromatic amines is 1. The van der Waals surface area contributed by atoms with Crippen LogP contribution >= 0.6 is 0 Å². The normalized spacial score (nSPS) is 13.5. The molecule has 5 heteroatoms. The highest BCUT2D eigenvalue weighted by atomic mass is 16.6. The van der Waals surface area contributed by atoms with Crippen molar-refractivity contribution in [2.45, 2.75) is 38.8 Å². The van der Waals surface area contributed by atoms with E-state index >= 15 is 0 Å². The van der Waals surface area contributed by atoms with Crippen LogP contribution in [0.2, 0.25) is 0 Å². The van der Waals surface area contributed by atoms with E-state index in [0.29, 0.717) is 6.42 Å². The van der Waals surface area contributed by atoms with E-state index in [0.717, 1.165) is 16.5 Å². The third kappa shape index (κ3) is 3.32. The first-order valence-corrected chi connectivity index (χ1v) is 6.25. The third-order valence-electron chi connectivity index (χ3n) is 2.72. The van der Waals surface area contributed by atoms with Crippen molar-refractivity contribution in [3.05, 3.63) is 30.2 Å². The Morgan fingerprint density at radius 3 is 2.95 bits per heavy atom. The summed E-state index contributed by atoms with van der Waals surface area (Å²) in [6.07, 6.45) is 5.77. The zero-order chi connectivity index (χ0) is 14.0. The van der Waals surface area contributed by atoms with E-state index in [1.807, 2.05) is 33.0 Å². The lowest BCUT2D eigenvalue weighted by Crippen LogP contribution is -2.38. The summed E-state index contributed by atoms with van der Waals surface area (Å²) in [5.41, 5.74) is 7.34. The van der Waals surface area contributed by atoms with Gasteiger partial charge in [-0.3, -0.25) is 9.78 Å². The van der Waals surface area contributed by atoms with Gasteiger partial charge in [-0.15, -0.1) is 0 Å². The summed E-state index contributed by atoms with van der Waals surface area (Å²) < 4.78 is 5.27. The molecular weight excluding hydrogens is 242 g/mol. The smallest absolute Gasteiger partial charge is 0.323 e. The number of nitrogens with two attached hydrogens (primary N) is 1. The van der Waals surface area contributed by atoms with Crippen LogP contribution in [0.25, 0.3) is 10.9 Å². The standard InChI is InChI=1S/C14H19N3O2/c1-14(2,3)19-13(18)11(15)6-9-7-17-12-4-5-16-8-10(9)12/h4-5,7-8,11,17H,6,15H2,1-3H3. The molecule has 2 aromatic rings. The Hall–Kier alpha value is -1.88. The van der Waals surface area contributed by atoms with Gasteiger partial charge in [-0.25, -0.2) is 0 Å². The van der Waals surface area contributed by atoms with E-state index in [9.17, 15) is 4.79 Å². The fourth-order valence-electron chi connectivity index (χ4n) is 1.89. The van der Waals surface area contributed by atoms with Gasteiger partial charge in [-0.2, -0.15) is 0 Å².